The minimum absolute atomic E-state index is 0.0490. The number of unbranched alkanes of at least 4 members (excludes halogenated alkanes) is 1. The summed E-state index contributed by atoms with van der Waals surface area (Å²) in [6.45, 7) is 4.00. The zero-order valence-electron chi connectivity index (χ0n) is 25.9. The molecule has 276 valence electrons. The fraction of sp³-hybridized carbons (Fsp3) is 0.696. The maximum absolute atomic E-state index is 12.2. The summed E-state index contributed by atoms with van der Waals surface area (Å²) >= 11 is 0. The minimum atomic E-state index is -5.66. The van der Waals surface area contributed by atoms with Gasteiger partial charge in [0.15, 0.2) is 0 Å². The van der Waals surface area contributed by atoms with E-state index in [0.717, 1.165) is 6.20 Å². The molecule has 0 aromatic heterocycles. The molecule has 0 radical (unpaired) electrons. The summed E-state index contributed by atoms with van der Waals surface area (Å²) in [6, 6.07) is 0. The number of imide groups is 1. The first-order valence-electron chi connectivity index (χ1n) is 13.9. The topological polar surface area (TPSA) is 295 Å². The summed E-state index contributed by atoms with van der Waals surface area (Å²) in [7, 11) is -13.3. The molecule has 1 heterocycles. The van der Waals surface area contributed by atoms with Crippen LogP contribution in [0.15, 0.2) is 11.8 Å². The molecule has 1 aliphatic heterocycles. The summed E-state index contributed by atoms with van der Waals surface area (Å²) in [5, 5.41) is 16.1. The van der Waals surface area contributed by atoms with E-state index in [1.165, 1.54) is 0 Å². The van der Waals surface area contributed by atoms with Gasteiger partial charge < -0.3 is 49.5 Å². The summed E-state index contributed by atoms with van der Waals surface area (Å²) in [6.07, 6.45) is 1.33. The molecule has 3 amide bonds. The Kier molecular flexibility index (Phi) is 20.7. The van der Waals surface area contributed by atoms with Crippen molar-refractivity contribution in [2.24, 2.45) is 0 Å². The highest BCUT2D eigenvalue weighted by Crippen LogP contribution is 2.66. The van der Waals surface area contributed by atoms with Crippen LogP contribution in [0.4, 0.5) is 4.79 Å². The molecule has 0 aromatic rings. The van der Waals surface area contributed by atoms with Crippen LogP contribution in [0.5, 0.6) is 0 Å². The van der Waals surface area contributed by atoms with E-state index in [-0.39, 0.29) is 49.3 Å². The zero-order valence-corrected chi connectivity index (χ0v) is 30.2. The summed E-state index contributed by atoms with van der Waals surface area (Å²) in [5.74, 6) is 4.64. The number of nitrogens with one attached hydrogen (secondary N) is 3. The Hall–Kier alpha value is -1.50. The van der Waals surface area contributed by atoms with Gasteiger partial charge in [-0.15, -0.1) is 0 Å². The number of hydrogen-bond donors (Lipinski definition) is 8. The fourth-order valence-corrected chi connectivity index (χ4v) is 8.60. The Labute approximate surface area is 284 Å². The lowest BCUT2D eigenvalue weighted by molar-refractivity contribution is -0.122. The summed E-state index contributed by atoms with van der Waals surface area (Å²) in [5.41, 5.74) is -0.217. The molecule has 0 spiro atoms. The molecule has 1 rings (SSSR count). The van der Waals surface area contributed by atoms with Crippen molar-refractivity contribution >= 4 is 63.5 Å². The third kappa shape index (κ3) is 22.3. The van der Waals surface area contributed by atoms with Crippen LogP contribution in [0.25, 0.3) is 0 Å². The van der Waals surface area contributed by atoms with E-state index in [1.54, 1.807) is 21.6 Å². The first-order chi connectivity index (χ1) is 22.4. The van der Waals surface area contributed by atoms with Crippen LogP contribution >= 0.6 is 45.1 Å². The number of amides is 3. The van der Waals surface area contributed by atoms with Crippen LogP contribution in [0.2, 0.25) is 0 Å². The van der Waals surface area contributed by atoms with Crippen molar-refractivity contribution in [3.63, 3.8) is 0 Å². The highest BCUT2D eigenvalue weighted by molar-refractivity contribution is 8.77. The van der Waals surface area contributed by atoms with Gasteiger partial charge in [0.05, 0.1) is 25.9 Å². The molecule has 4 atom stereocenters. The zero-order chi connectivity index (χ0) is 36.3. The second-order valence-corrected chi connectivity index (χ2v) is 17.4. The van der Waals surface area contributed by atoms with Gasteiger partial charge in [-0.25, -0.2) is 18.5 Å². The van der Waals surface area contributed by atoms with E-state index < -0.39 is 54.4 Å². The van der Waals surface area contributed by atoms with E-state index >= 15 is 0 Å². The Bertz CT molecular complexity index is 1290. The third-order valence-electron chi connectivity index (χ3n) is 5.39. The molecule has 1 saturated heterocycles. The highest BCUT2D eigenvalue weighted by atomic mass is 33.1. The van der Waals surface area contributed by atoms with Crippen LogP contribution in [-0.4, -0.2) is 99.1 Å². The van der Waals surface area contributed by atoms with Gasteiger partial charge in [-0.1, -0.05) is 33.4 Å². The molecule has 1 aliphatic rings. The number of ether oxygens (including phenoxy) is 3. The number of aliphatic hydroxyl groups is 1. The molecular weight excluding hydrogens is 747 g/mol. The minimum Gasteiger partial charge on any atom is -0.450 e. The van der Waals surface area contributed by atoms with Gasteiger partial charge in [0.1, 0.15) is 17.7 Å². The van der Waals surface area contributed by atoms with Crippen LogP contribution < -0.4 is 16.0 Å². The first kappa shape index (κ1) is 44.5. The van der Waals surface area contributed by atoms with Crippen molar-refractivity contribution in [1.29, 1.82) is 0 Å². The molecule has 0 aromatic carbocycles. The number of phosphoric ester groups is 1. The number of hydrogen-bond acceptors (Lipinski definition) is 16. The average molecular weight is 788 g/mol. The smallest absolute Gasteiger partial charge is 0.450 e. The molecule has 8 N–H and O–H groups in total. The van der Waals surface area contributed by atoms with Gasteiger partial charge in [-0.2, -0.15) is 8.62 Å². The first-order valence-corrected chi connectivity index (χ1v) is 20.7. The SMILES string of the molecule is CC(C)(CCO)SSCOCCCCOC(=O)NCC#C/C(=C/N[C@H]1CC[C@@H](COP(=O)(O)OP(=O)(O)OP(=O)(O)O)O1)C(=O)NC=O. The average Bonchev–Trinajstić information content (AvgIpc) is 3.41. The maximum atomic E-state index is 12.2. The van der Waals surface area contributed by atoms with Crippen LogP contribution in [0, 0.1) is 11.8 Å². The number of alkyl carbamates (subject to hydrolysis) is 1. The molecule has 0 bridgehead atoms. The maximum Gasteiger partial charge on any atom is 0.490 e. The molecule has 48 heavy (non-hydrogen) atoms. The quantitative estimate of drug-likeness (QED) is 0.0139. The van der Waals surface area contributed by atoms with Crippen LogP contribution in [0.1, 0.15) is 46.0 Å². The van der Waals surface area contributed by atoms with Gasteiger partial charge in [0.2, 0.25) is 6.41 Å². The molecule has 0 saturated carbocycles. The van der Waals surface area contributed by atoms with Crippen molar-refractivity contribution in [2.45, 2.75) is 63.0 Å². The number of carbonyl (C=O) groups is 3. The Balaban J connectivity index is 2.42. The number of rotatable bonds is 23. The third-order valence-corrected chi connectivity index (χ3v) is 12.2. The normalized spacial score (nSPS) is 19.3. The highest BCUT2D eigenvalue weighted by Gasteiger charge is 2.41. The second-order valence-electron chi connectivity index (χ2n) is 9.99. The van der Waals surface area contributed by atoms with Crippen molar-refractivity contribution in [3.05, 3.63) is 11.8 Å². The molecule has 25 heteroatoms. The lowest BCUT2D eigenvalue weighted by atomic mass is 10.1. The second kappa shape index (κ2) is 22.3. The van der Waals surface area contributed by atoms with Crippen molar-refractivity contribution < 1.29 is 80.1 Å². The van der Waals surface area contributed by atoms with E-state index in [0.29, 0.717) is 31.8 Å². The molecule has 1 fully saturated rings. The van der Waals surface area contributed by atoms with Crippen molar-refractivity contribution in [3.8, 4) is 11.8 Å². The van der Waals surface area contributed by atoms with Crippen molar-refractivity contribution in [1.82, 2.24) is 16.0 Å². The van der Waals surface area contributed by atoms with Crippen LogP contribution in [0.3, 0.4) is 0 Å². The summed E-state index contributed by atoms with van der Waals surface area (Å²) < 4.78 is 61.8. The number of carbonyl (C=O) groups excluding carboxylic acids is 3. The van der Waals surface area contributed by atoms with Gasteiger partial charge in [-0.3, -0.25) is 19.4 Å². The van der Waals surface area contributed by atoms with E-state index in [1.807, 2.05) is 19.2 Å². The van der Waals surface area contributed by atoms with Crippen molar-refractivity contribution in [2.75, 3.05) is 38.9 Å². The van der Waals surface area contributed by atoms with E-state index in [4.69, 9.17) is 29.1 Å². The number of aliphatic hydroxyl groups excluding tert-OH is 1. The molecule has 0 aliphatic carbocycles. The molecular formula is C23H40N3O17P3S2. The predicted molar refractivity (Wildman–Crippen MR) is 171 cm³/mol. The van der Waals surface area contributed by atoms with Gasteiger partial charge in [0.25, 0.3) is 5.91 Å². The van der Waals surface area contributed by atoms with Gasteiger partial charge in [-0.05, 0) is 46.0 Å². The summed E-state index contributed by atoms with van der Waals surface area (Å²) in [4.78, 5) is 70.7. The largest absolute Gasteiger partial charge is 0.490 e. The van der Waals surface area contributed by atoms with Gasteiger partial charge in [0, 0.05) is 24.2 Å². The lowest BCUT2D eigenvalue weighted by Gasteiger charge is -2.21. The van der Waals surface area contributed by atoms with E-state index in [9.17, 15) is 37.9 Å². The molecule has 20 nitrogen and oxygen atoms in total. The Morgan fingerprint density at radius 2 is 1.77 bits per heavy atom. The number of phosphoric acid groups is 3. The lowest BCUT2D eigenvalue weighted by Crippen LogP contribution is -2.29. The molecule has 2 unspecified atom stereocenters. The standard InChI is InChI=1S/C23H40N3O17P3S2/c1-23(2,9-11-27)48-47-17-38-12-3-4-13-39-22(30)24-10-5-6-18(21(29)26-16-28)14-25-20-8-7-19(41-20)15-40-45(34,35)43-46(36,37)42-44(31,32)33/h14,16,19-20,25,27H,3-4,7-13,15,17H2,1-2H3,(H,24,30)(H,34,35)(H,36,37)(H,26,28,29)(H2,31,32,33)/b18-14-/t19-,20+/m0/s1. The monoisotopic (exact) mass is 787 g/mol. The van der Waals surface area contributed by atoms with Crippen LogP contribution in [-0.2, 0) is 50.6 Å². The van der Waals surface area contributed by atoms with Gasteiger partial charge >= 0.3 is 29.6 Å². The Morgan fingerprint density at radius 3 is 2.44 bits per heavy atom. The fourth-order valence-electron chi connectivity index (χ4n) is 3.26. The van der Waals surface area contributed by atoms with E-state index in [2.05, 4.69) is 35.6 Å². The predicted octanol–water partition coefficient (Wildman–Crippen LogP) is 1.61. The Morgan fingerprint density at radius 1 is 1.06 bits per heavy atom.